The molecule has 2 heterocycles. The number of anilines is 1. The number of halogens is 2. The lowest BCUT2D eigenvalue weighted by atomic mass is 9.84. The standard InChI is InChI=1S/C27H23ClFN3O2S/c28-23-6-2-1-5-22(23)27(34)11-14-32(15-12-27)26(33)18-7-9-21(10-8-18)31-35-24-17-20(29)16-19-4-3-13-30-25(19)24/h1-10,13,16-17,31,34H,11-12,14-15H2. The zero-order valence-electron chi connectivity index (χ0n) is 18.7. The topological polar surface area (TPSA) is 65.5 Å². The monoisotopic (exact) mass is 507 g/mol. The van der Waals surface area contributed by atoms with Gasteiger partial charge < -0.3 is 14.7 Å². The summed E-state index contributed by atoms with van der Waals surface area (Å²) >= 11 is 7.56. The van der Waals surface area contributed by atoms with E-state index in [1.165, 1.54) is 24.1 Å². The first-order valence-electron chi connectivity index (χ1n) is 11.3. The number of carbonyl (C=O) groups excluding carboxylic acids is 1. The molecule has 5 nitrogen and oxygen atoms in total. The number of fused-ring (bicyclic) bond motifs is 1. The molecule has 1 amide bonds. The number of hydrogen-bond donors (Lipinski definition) is 2. The predicted molar refractivity (Wildman–Crippen MR) is 138 cm³/mol. The number of rotatable bonds is 5. The third kappa shape index (κ3) is 4.98. The summed E-state index contributed by atoms with van der Waals surface area (Å²) < 4.78 is 17.2. The van der Waals surface area contributed by atoms with Crippen molar-refractivity contribution < 1.29 is 14.3 Å². The minimum atomic E-state index is -1.03. The molecule has 35 heavy (non-hydrogen) atoms. The highest BCUT2D eigenvalue weighted by atomic mass is 35.5. The van der Waals surface area contributed by atoms with Crippen molar-refractivity contribution >= 4 is 46.0 Å². The zero-order valence-corrected chi connectivity index (χ0v) is 20.3. The van der Waals surface area contributed by atoms with Crippen molar-refractivity contribution in [2.24, 2.45) is 0 Å². The maximum Gasteiger partial charge on any atom is 0.253 e. The van der Waals surface area contributed by atoms with E-state index in [0.29, 0.717) is 47.0 Å². The van der Waals surface area contributed by atoms with E-state index in [1.54, 1.807) is 35.4 Å². The summed E-state index contributed by atoms with van der Waals surface area (Å²) in [6.07, 6.45) is 2.53. The first kappa shape index (κ1) is 23.6. The molecule has 0 spiro atoms. The van der Waals surface area contributed by atoms with E-state index in [-0.39, 0.29) is 11.7 Å². The predicted octanol–water partition coefficient (Wildman–Crippen LogP) is 6.27. The highest BCUT2D eigenvalue weighted by Gasteiger charge is 2.36. The van der Waals surface area contributed by atoms with E-state index in [4.69, 9.17) is 11.6 Å². The number of nitrogens with zero attached hydrogens (tertiary/aromatic N) is 2. The number of amides is 1. The zero-order chi connectivity index (χ0) is 24.4. The normalized spacial score (nSPS) is 15.2. The number of carbonyl (C=O) groups is 1. The van der Waals surface area contributed by atoms with Gasteiger partial charge in [0.2, 0.25) is 0 Å². The number of hydrogen-bond acceptors (Lipinski definition) is 5. The van der Waals surface area contributed by atoms with Crippen LogP contribution in [0.2, 0.25) is 5.02 Å². The second-order valence-electron chi connectivity index (χ2n) is 8.56. The Morgan fingerprint density at radius 2 is 1.80 bits per heavy atom. The Hall–Kier alpha value is -3.13. The maximum atomic E-state index is 14.0. The maximum absolute atomic E-state index is 14.0. The minimum absolute atomic E-state index is 0.0780. The van der Waals surface area contributed by atoms with E-state index in [2.05, 4.69) is 9.71 Å². The highest BCUT2D eigenvalue weighted by Crippen LogP contribution is 2.37. The molecule has 1 aliphatic heterocycles. The molecule has 4 aromatic rings. The van der Waals surface area contributed by atoms with Gasteiger partial charge in [-0.1, -0.05) is 35.9 Å². The van der Waals surface area contributed by atoms with Gasteiger partial charge in [-0.05, 0) is 73.3 Å². The van der Waals surface area contributed by atoms with Gasteiger partial charge in [-0.25, -0.2) is 4.39 Å². The third-order valence-corrected chi connectivity index (χ3v) is 7.50. The van der Waals surface area contributed by atoms with Crippen molar-refractivity contribution in [2.45, 2.75) is 23.3 Å². The van der Waals surface area contributed by atoms with Gasteiger partial charge in [0.05, 0.1) is 16.0 Å². The first-order chi connectivity index (χ1) is 16.9. The summed E-state index contributed by atoms with van der Waals surface area (Å²) in [6.45, 7) is 0.881. The van der Waals surface area contributed by atoms with E-state index in [0.717, 1.165) is 16.6 Å². The number of piperidine rings is 1. The smallest absolute Gasteiger partial charge is 0.253 e. The van der Waals surface area contributed by atoms with Crippen molar-refractivity contribution in [3.05, 3.63) is 101 Å². The molecular weight excluding hydrogens is 485 g/mol. The van der Waals surface area contributed by atoms with Crippen LogP contribution in [-0.4, -0.2) is 34.0 Å². The van der Waals surface area contributed by atoms with Crippen LogP contribution in [0.4, 0.5) is 10.1 Å². The number of aliphatic hydroxyl groups is 1. The summed E-state index contributed by atoms with van der Waals surface area (Å²) in [5, 5.41) is 12.4. The molecule has 1 aliphatic rings. The van der Waals surface area contributed by atoms with Gasteiger partial charge >= 0.3 is 0 Å². The van der Waals surface area contributed by atoms with E-state index >= 15 is 0 Å². The second-order valence-corrected chi connectivity index (χ2v) is 9.82. The lowest BCUT2D eigenvalue weighted by Crippen LogP contribution is -2.45. The SMILES string of the molecule is O=C(c1ccc(NSc2cc(F)cc3cccnc23)cc1)N1CCC(O)(c2ccccc2Cl)CC1. The largest absolute Gasteiger partial charge is 0.385 e. The number of pyridine rings is 1. The Balaban J connectivity index is 1.22. The van der Waals surface area contributed by atoms with Crippen molar-refractivity contribution in [2.75, 3.05) is 17.8 Å². The van der Waals surface area contributed by atoms with Gasteiger partial charge in [0, 0.05) is 46.5 Å². The molecule has 1 saturated heterocycles. The van der Waals surface area contributed by atoms with Crippen LogP contribution in [0.3, 0.4) is 0 Å². The first-order valence-corrected chi connectivity index (χ1v) is 12.5. The number of nitrogens with one attached hydrogen (secondary N) is 1. The van der Waals surface area contributed by atoms with Gasteiger partial charge in [0.25, 0.3) is 5.91 Å². The molecule has 0 bridgehead atoms. The van der Waals surface area contributed by atoms with Crippen molar-refractivity contribution in [3.8, 4) is 0 Å². The molecule has 0 aliphatic carbocycles. The quantitative estimate of drug-likeness (QED) is 0.312. The van der Waals surface area contributed by atoms with E-state index in [9.17, 15) is 14.3 Å². The molecule has 1 fully saturated rings. The number of likely N-dealkylation sites (tertiary alicyclic amines) is 1. The van der Waals surface area contributed by atoms with Crippen LogP contribution in [0.25, 0.3) is 10.9 Å². The third-order valence-electron chi connectivity index (χ3n) is 6.30. The van der Waals surface area contributed by atoms with Crippen LogP contribution in [0, 0.1) is 5.82 Å². The molecule has 0 atom stereocenters. The van der Waals surface area contributed by atoms with Gasteiger partial charge in [-0.15, -0.1) is 0 Å². The molecule has 8 heteroatoms. The van der Waals surface area contributed by atoms with Crippen LogP contribution < -0.4 is 4.72 Å². The molecule has 5 rings (SSSR count). The number of benzene rings is 3. The van der Waals surface area contributed by atoms with Crippen molar-refractivity contribution in [1.29, 1.82) is 0 Å². The fourth-order valence-electron chi connectivity index (χ4n) is 4.37. The average molecular weight is 508 g/mol. The van der Waals surface area contributed by atoms with Gasteiger partial charge in [-0.2, -0.15) is 0 Å². The lowest BCUT2D eigenvalue weighted by molar-refractivity contribution is -0.0210. The highest BCUT2D eigenvalue weighted by molar-refractivity contribution is 8.00. The van der Waals surface area contributed by atoms with Gasteiger partial charge in [0.1, 0.15) is 5.82 Å². The summed E-state index contributed by atoms with van der Waals surface area (Å²) in [6, 6.07) is 21.0. The molecular formula is C27H23ClFN3O2S. The van der Waals surface area contributed by atoms with Crippen molar-refractivity contribution in [3.63, 3.8) is 0 Å². The molecule has 0 saturated carbocycles. The molecule has 0 unspecified atom stereocenters. The summed E-state index contributed by atoms with van der Waals surface area (Å²) in [4.78, 5) is 19.8. The number of aromatic nitrogens is 1. The summed E-state index contributed by atoms with van der Waals surface area (Å²) in [5.74, 6) is -0.399. The Labute approximate surface area is 212 Å². The summed E-state index contributed by atoms with van der Waals surface area (Å²) in [5.41, 5.74) is 1.76. The molecule has 1 aromatic heterocycles. The minimum Gasteiger partial charge on any atom is -0.385 e. The average Bonchev–Trinajstić information content (AvgIpc) is 2.88. The molecule has 2 N–H and O–H groups in total. The molecule has 0 radical (unpaired) electrons. The van der Waals surface area contributed by atoms with Crippen LogP contribution >= 0.6 is 23.5 Å². The van der Waals surface area contributed by atoms with E-state index < -0.39 is 5.60 Å². The van der Waals surface area contributed by atoms with Gasteiger partial charge in [0.15, 0.2) is 0 Å². The van der Waals surface area contributed by atoms with Crippen LogP contribution in [0.5, 0.6) is 0 Å². The Kier molecular flexibility index (Phi) is 6.65. The van der Waals surface area contributed by atoms with Gasteiger partial charge in [-0.3, -0.25) is 9.78 Å². The van der Waals surface area contributed by atoms with Crippen molar-refractivity contribution in [1.82, 2.24) is 9.88 Å². The molecule has 178 valence electrons. The van der Waals surface area contributed by atoms with Crippen LogP contribution in [-0.2, 0) is 5.60 Å². The Morgan fingerprint density at radius 3 is 2.54 bits per heavy atom. The van der Waals surface area contributed by atoms with Crippen LogP contribution in [0.1, 0.15) is 28.8 Å². The Bertz CT molecular complexity index is 1370. The van der Waals surface area contributed by atoms with E-state index in [1.807, 2.05) is 36.4 Å². The summed E-state index contributed by atoms with van der Waals surface area (Å²) in [7, 11) is 0. The second kappa shape index (κ2) is 9.85. The van der Waals surface area contributed by atoms with Crippen LogP contribution in [0.15, 0.2) is 83.9 Å². The molecule has 3 aromatic carbocycles. The Morgan fingerprint density at radius 1 is 1.06 bits per heavy atom. The fourth-order valence-corrected chi connectivity index (χ4v) is 5.48. The lowest BCUT2D eigenvalue weighted by Gasteiger charge is -2.39. The fraction of sp³-hybridized carbons (Fsp3) is 0.185.